The van der Waals surface area contributed by atoms with Gasteiger partial charge in [-0.2, -0.15) is 0 Å². The maximum Gasteiger partial charge on any atom is 0.224 e. The molecule has 1 amide bonds. The van der Waals surface area contributed by atoms with Crippen LogP contribution in [0, 0.1) is 5.92 Å². The van der Waals surface area contributed by atoms with Gasteiger partial charge in [-0.3, -0.25) is 4.79 Å². The largest absolute Gasteiger partial charge is 0.339 e. The van der Waals surface area contributed by atoms with Crippen molar-refractivity contribution < 1.29 is 4.79 Å². The standard InChI is InChI=1S/C12H24N2O/c1-8(2)10(5)13-11-6-12(15)14(7-11)9(3)4/h8-11,13H,6-7H2,1-5H3. The Bertz CT molecular complexity index is 226. The van der Waals surface area contributed by atoms with E-state index in [0.29, 0.717) is 36.4 Å². The van der Waals surface area contributed by atoms with Crippen LogP contribution in [0.5, 0.6) is 0 Å². The molecule has 1 rings (SSSR count). The molecule has 0 aromatic carbocycles. The minimum atomic E-state index is 0.290. The van der Waals surface area contributed by atoms with Gasteiger partial charge in [0.1, 0.15) is 0 Å². The fourth-order valence-electron chi connectivity index (χ4n) is 1.91. The zero-order valence-corrected chi connectivity index (χ0v) is 10.6. The number of hydrogen-bond acceptors (Lipinski definition) is 2. The molecule has 0 spiro atoms. The summed E-state index contributed by atoms with van der Waals surface area (Å²) >= 11 is 0. The molecule has 0 bridgehead atoms. The number of nitrogens with zero attached hydrogens (tertiary/aromatic N) is 1. The maximum absolute atomic E-state index is 11.7. The monoisotopic (exact) mass is 212 g/mol. The van der Waals surface area contributed by atoms with Crippen molar-refractivity contribution in [3.8, 4) is 0 Å². The highest BCUT2D eigenvalue weighted by molar-refractivity contribution is 5.79. The van der Waals surface area contributed by atoms with Crippen LogP contribution < -0.4 is 5.32 Å². The van der Waals surface area contributed by atoms with E-state index in [0.717, 1.165) is 6.54 Å². The molecule has 15 heavy (non-hydrogen) atoms. The van der Waals surface area contributed by atoms with E-state index in [2.05, 4.69) is 39.9 Å². The summed E-state index contributed by atoms with van der Waals surface area (Å²) in [5.74, 6) is 0.909. The molecule has 1 saturated heterocycles. The summed E-state index contributed by atoms with van der Waals surface area (Å²) in [6.45, 7) is 11.6. The van der Waals surface area contributed by atoms with Crippen molar-refractivity contribution in [3.05, 3.63) is 0 Å². The quantitative estimate of drug-likeness (QED) is 0.768. The zero-order chi connectivity index (χ0) is 11.6. The van der Waals surface area contributed by atoms with Gasteiger partial charge in [-0.25, -0.2) is 0 Å². The topological polar surface area (TPSA) is 32.3 Å². The molecule has 0 saturated carbocycles. The molecule has 88 valence electrons. The molecule has 2 atom stereocenters. The van der Waals surface area contributed by atoms with Crippen LogP contribution in [0.2, 0.25) is 0 Å². The van der Waals surface area contributed by atoms with Crippen LogP contribution in [0.4, 0.5) is 0 Å². The van der Waals surface area contributed by atoms with Gasteiger partial charge in [0.2, 0.25) is 5.91 Å². The molecule has 1 aliphatic rings. The third-order valence-electron chi connectivity index (χ3n) is 3.28. The second-order valence-electron chi connectivity index (χ2n) is 5.24. The van der Waals surface area contributed by atoms with Gasteiger partial charge in [-0.1, -0.05) is 13.8 Å². The fourth-order valence-corrected chi connectivity index (χ4v) is 1.91. The van der Waals surface area contributed by atoms with E-state index < -0.39 is 0 Å². The summed E-state index contributed by atoms with van der Waals surface area (Å²) in [5, 5.41) is 3.53. The number of hydrogen-bond donors (Lipinski definition) is 1. The Morgan fingerprint density at radius 2 is 1.87 bits per heavy atom. The predicted molar refractivity (Wildman–Crippen MR) is 62.7 cm³/mol. The Balaban J connectivity index is 2.45. The van der Waals surface area contributed by atoms with Gasteiger partial charge >= 0.3 is 0 Å². The average Bonchev–Trinajstić information content (AvgIpc) is 2.46. The van der Waals surface area contributed by atoms with Crippen molar-refractivity contribution in [2.24, 2.45) is 5.92 Å². The van der Waals surface area contributed by atoms with Crippen LogP contribution >= 0.6 is 0 Å². The summed E-state index contributed by atoms with van der Waals surface area (Å²) in [6.07, 6.45) is 0.662. The average molecular weight is 212 g/mol. The first-order valence-electron chi connectivity index (χ1n) is 5.97. The highest BCUT2D eigenvalue weighted by Gasteiger charge is 2.31. The van der Waals surface area contributed by atoms with Crippen molar-refractivity contribution >= 4 is 5.91 Å². The Morgan fingerprint density at radius 1 is 1.27 bits per heavy atom. The Morgan fingerprint density at radius 3 is 2.27 bits per heavy atom. The lowest BCUT2D eigenvalue weighted by Gasteiger charge is -2.24. The summed E-state index contributed by atoms with van der Waals surface area (Å²) in [7, 11) is 0. The van der Waals surface area contributed by atoms with Crippen molar-refractivity contribution in [1.82, 2.24) is 10.2 Å². The Kier molecular flexibility index (Phi) is 4.14. The fraction of sp³-hybridized carbons (Fsp3) is 0.917. The summed E-state index contributed by atoms with van der Waals surface area (Å²) in [6, 6.07) is 1.16. The molecule has 0 aliphatic carbocycles. The van der Waals surface area contributed by atoms with E-state index in [1.165, 1.54) is 0 Å². The predicted octanol–water partition coefficient (Wildman–Crippen LogP) is 1.63. The molecule has 3 heteroatoms. The highest BCUT2D eigenvalue weighted by atomic mass is 16.2. The van der Waals surface area contributed by atoms with Gasteiger partial charge in [0.25, 0.3) is 0 Å². The van der Waals surface area contributed by atoms with Crippen LogP contribution in [0.3, 0.4) is 0 Å². The highest BCUT2D eigenvalue weighted by Crippen LogP contribution is 2.15. The third kappa shape index (κ3) is 3.20. The molecular formula is C12H24N2O. The van der Waals surface area contributed by atoms with Crippen LogP contribution in [0.15, 0.2) is 0 Å². The molecule has 1 aliphatic heterocycles. The number of likely N-dealkylation sites (tertiary alicyclic amines) is 1. The smallest absolute Gasteiger partial charge is 0.224 e. The lowest BCUT2D eigenvalue weighted by Crippen LogP contribution is -2.42. The first-order valence-corrected chi connectivity index (χ1v) is 5.97. The van der Waals surface area contributed by atoms with Crippen LogP contribution in [-0.2, 0) is 4.79 Å². The lowest BCUT2D eigenvalue weighted by molar-refractivity contribution is -0.129. The molecule has 0 aromatic rings. The molecular weight excluding hydrogens is 188 g/mol. The van der Waals surface area contributed by atoms with Gasteiger partial charge in [0.15, 0.2) is 0 Å². The number of nitrogens with one attached hydrogen (secondary N) is 1. The van der Waals surface area contributed by atoms with Crippen molar-refractivity contribution in [2.75, 3.05) is 6.54 Å². The molecule has 0 aromatic heterocycles. The van der Waals surface area contributed by atoms with Crippen LogP contribution in [0.25, 0.3) is 0 Å². The Labute approximate surface area is 93.2 Å². The number of carbonyl (C=O) groups excluding carboxylic acids is 1. The molecule has 3 nitrogen and oxygen atoms in total. The number of amides is 1. The number of carbonyl (C=O) groups is 1. The third-order valence-corrected chi connectivity index (χ3v) is 3.28. The van der Waals surface area contributed by atoms with Gasteiger partial charge in [0, 0.05) is 31.1 Å². The van der Waals surface area contributed by atoms with Gasteiger partial charge in [0.05, 0.1) is 0 Å². The van der Waals surface area contributed by atoms with Crippen molar-refractivity contribution in [1.29, 1.82) is 0 Å². The first kappa shape index (κ1) is 12.5. The van der Waals surface area contributed by atoms with Gasteiger partial charge in [-0.15, -0.1) is 0 Å². The van der Waals surface area contributed by atoms with E-state index >= 15 is 0 Å². The zero-order valence-electron chi connectivity index (χ0n) is 10.6. The molecule has 0 radical (unpaired) electrons. The van der Waals surface area contributed by atoms with Crippen LogP contribution in [0.1, 0.15) is 41.0 Å². The van der Waals surface area contributed by atoms with E-state index in [-0.39, 0.29) is 0 Å². The van der Waals surface area contributed by atoms with Crippen LogP contribution in [-0.4, -0.2) is 35.5 Å². The van der Waals surface area contributed by atoms with Crippen molar-refractivity contribution in [3.63, 3.8) is 0 Å². The van der Waals surface area contributed by atoms with E-state index in [4.69, 9.17) is 0 Å². The summed E-state index contributed by atoms with van der Waals surface area (Å²) in [5.41, 5.74) is 0. The van der Waals surface area contributed by atoms with E-state index in [9.17, 15) is 4.79 Å². The number of rotatable bonds is 4. The van der Waals surface area contributed by atoms with Crippen molar-refractivity contribution in [2.45, 2.75) is 59.2 Å². The minimum Gasteiger partial charge on any atom is -0.339 e. The molecule has 2 unspecified atom stereocenters. The summed E-state index contributed by atoms with van der Waals surface area (Å²) in [4.78, 5) is 13.6. The first-order chi connectivity index (χ1) is 6.91. The molecule has 1 fully saturated rings. The molecule has 1 heterocycles. The normalized spacial score (nSPS) is 24.3. The van der Waals surface area contributed by atoms with Gasteiger partial charge < -0.3 is 10.2 Å². The second kappa shape index (κ2) is 4.97. The molecule has 1 N–H and O–H groups in total. The van der Waals surface area contributed by atoms with Gasteiger partial charge in [-0.05, 0) is 26.7 Å². The summed E-state index contributed by atoms with van der Waals surface area (Å²) < 4.78 is 0. The minimum absolute atomic E-state index is 0.290. The SMILES string of the molecule is CC(C)C(C)NC1CC(=O)N(C(C)C)C1. The van der Waals surface area contributed by atoms with E-state index in [1.54, 1.807) is 0 Å². The maximum atomic E-state index is 11.7. The lowest BCUT2D eigenvalue weighted by atomic mass is 10.1. The second-order valence-corrected chi connectivity index (χ2v) is 5.24. The van der Waals surface area contributed by atoms with E-state index in [1.807, 2.05) is 4.90 Å². The Hall–Kier alpha value is -0.570.